The van der Waals surface area contributed by atoms with Gasteiger partial charge in [-0.1, -0.05) is 31.5 Å². The van der Waals surface area contributed by atoms with E-state index in [0.717, 1.165) is 23.7 Å². The lowest BCUT2D eigenvalue weighted by molar-refractivity contribution is 0.0904. The number of benzene rings is 1. The average molecular weight is 271 g/mol. The van der Waals surface area contributed by atoms with Crippen LogP contribution in [0.3, 0.4) is 0 Å². The van der Waals surface area contributed by atoms with E-state index in [-0.39, 0.29) is 11.4 Å². The molecule has 0 spiro atoms. The van der Waals surface area contributed by atoms with Crippen LogP contribution in [0, 0.1) is 0 Å². The highest BCUT2D eigenvalue weighted by atomic mass is 16.2. The van der Waals surface area contributed by atoms with Crippen molar-refractivity contribution in [2.75, 3.05) is 5.73 Å². The number of nitrogen functional groups attached to an aromatic ring is 1. The predicted octanol–water partition coefficient (Wildman–Crippen LogP) is 3.13. The van der Waals surface area contributed by atoms with E-state index in [1.807, 2.05) is 38.1 Å². The molecule has 0 aliphatic heterocycles. The molecule has 0 aliphatic carbocycles. The highest BCUT2D eigenvalue weighted by Crippen LogP contribution is 2.20. The van der Waals surface area contributed by atoms with Crippen LogP contribution in [0.5, 0.6) is 0 Å². The first-order chi connectivity index (χ1) is 9.43. The summed E-state index contributed by atoms with van der Waals surface area (Å²) < 4.78 is 0. The van der Waals surface area contributed by atoms with Crippen molar-refractivity contribution in [3.8, 4) is 0 Å². The molecule has 0 radical (unpaired) electrons. The lowest BCUT2D eigenvalue weighted by atomic mass is 9.98. The number of nitrogens with zero attached hydrogens (tertiary/aromatic N) is 1. The van der Waals surface area contributed by atoms with Gasteiger partial charge in [0.1, 0.15) is 5.69 Å². The van der Waals surface area contributed by atoms with Gasteiger partial charge in [0.2, 0.25) is 0 Å². The second-order valence-corrected chi connectivity index (χ2v) is 5.70. The molecule has 2 aromatic rings. The van der Waals surface area contributed by atoms with Crippen molar-refractivity contribution in [2.24, 2.45) is 0 Å². The Kier molecular flexibility index (Phi) is 3.93. The van der Waals surface area contributed by atoms with E-state index < -0.39 is 0 Å². The summed E-state index contributed by atoms with van der Waals surface area (Å²) in [5, 5.41) is 3.88. The van der Waals surface area contributed by atoms with Crippen molar-refractivity contribution >= 4 is 22.5 Å². The maximum Gasteiger partial charge on any atom is 0.270 e. The minimum absolute atomic E-state index is 0.180. The van der Waals surface area contributed by atoms with Crippen LogP contribution >= 0.6 is 0 Å². The number of nitrogens with two attached hydrogens (primary N) is 1. The molecule has 2 rings (SSSR count). The molecule has 0 bridgehead atoms. The molecule has 4 heteroatoms. The standard InChI is InChI=1S/C16H21N3O/c1-4-9-16(2,3)19-15(20)14-10-12(17)11-7-5-6-8-13(11)18-14/h5-8,10H,4,9H2,1-3H3,(H2,17,18)(H,19,20). The highest BCUT2D eigenvalue weighted by Gasteiger charge is 2.21. The van der Waals surface area contributed by atoms with Crippen molar-refractivity contribution in [2.45, 2.75) is 39.2 Å². The number of rotatable bonds is 4. The quantitative estimate of drug-likeness (QED) is 0.897. The van der Waals surface area contributed by atoms with Gasteiger partial charge in [0.25, 0.3) is 5.91 Å². The Labute approximate surface area is 119 Å². The van der Waals surface area contributed by atoms with E-state index in [2.05, 4.69) is 17.2 Å². The van der Waals surface area contributed by atoms with Crippen molar-refractivity contribution in [1.82, 2.24) is 10.3 Å². The molecule has 0 unspecified atom stereocenters. The van der Waals surface area contributed by atoms with Crippen molar-refractivity contribution in [3.63, 3.8) is 0 Å². The van der Waals surface area contributed by atoms with E-state index in [1.165, 1.54) is 0 Å². The summed E-state index contributed by atoms with van der Waals surface area (Å²) in [6.07, 6.45) is 1.93. The first-order valence-corrected chi connectivity index (χ1v) is 6.91. The highest BCUT2D eigenvalue weighted by molar-refractivity contribution is 5.99. The molecule has 20 heavy (non-hydrogen) atoms. The molecule has 3 N–H and O–H groups in total. The zero-order valence-corrected chi connectivity index (χ0v) is 12.2. The molecule has 1 heterocycles. The van der Waals surface area contributed by atoms with Crippen LogP contribution in [-0.2, 0) is 0 Å². The molecular formula is C16H21N3O. The number of pyridine rings is 1. The molecular weight excluding hydrogens is 250 g/mol. The fourth-order valence-corrected chi connectivity index (χ4v) is 2.38. The molecule has 106 valence electrons. The number of anilines is 1. The number of hydrogen-bond acceptors (Lipinski definition) is 3. The van der Waals surface area contributed by atoms with Gasteiger partial charge in [-0.3, -0.25) is 4.79 Å². The summed E-state index contributed by atoms with van der Waals surface area (Å²) in [4.78, 5) is 16.7. The third kappa shape index (κ3) is 3.07. The molecule has 1 amide bonds. The summed E-state index contributed by atoms with van der Waals surface area (Å²) >= 11 is 0. The molecule has 4 nitrogen and oxygen atoms in total. The van der Waals surface area contributed by atoms with Gasteiger partial charge in [0, 0.05) is 16.6 Å². The number of aromatic nitrogens is 1. The molecule has 1 aromatic carbocycles. The lowest BCUT2D eigenvalue weighted by Gasteiger charge is -2.25. The molecule has 0 atom stereocenters. The normalized spacial score (nSPS) is 11.6. The summed E-state index contributed by atoms with van der Waals surface area (Å²) in [6.45, 7) is 6.12. The minimum atomic E-state index is -0.242. The van der Waals surface area contributed by atoms with Gasteiger partial charge in [-0.25, -0.2) is 4.98 Å². The first kappa shape index (κ1) is 14.3. The Hall–Kier alpha value is -2.10. The van der Waals surface area contributed by atoms with Gasteiger partial charge in [-0.2, -0.15) is 0 Å². The largest absolute Gasteiger partial charge is 0.398 e. The van der Waals surface area contributed by atoms with E-state index in [9.17, 15) is 4.79 Å². The van der Waals surface area contributed by atoms with Crippen molar-refractivity contribution < 1.29 is 4.79 Å². The maximum atomic E-state index is 12.3. The second-order valence-electron chi connectivity index (χ2n) is 5.70. The monoisotopic (exact) mass is 271 g/mol. The number of amides is 1. The predicted molar refractivity (Wildman–Crippen MR) is 82.6 cm³/mol. The van der Waals surface area contributed by atoms with E-state index in [4.69, 9.17) is 5.73 Å². The third-order valence-electron chi connectivity index (χ3n) is 3.31. The van der Waals surface area contributed by atoms with Crippen LogP contribution in [0.2, 0.25) is 0 Å². The average Bonchev–Trinajstić information content (AvgIpc) is 2.38. The van der Waals surface area contributed by atoms with E-state index in [1.54, 1.807) is 6.07 Å². The molecule has 0 fully saturated rings. The Morgan fingerprint density at radius 3 is 2.75 bits per heavy atom. The van der Waals surface area contributed by atoms with Crippen molar-refractivity contribution in [3.05, 3.63) is 36.0 Å². The van der Waals surface area contributed by atoms with Crippen LogP contribution < -0.4 is 11.1 Å². The summed E-state index contributed by atoms with van der Waals surface area (Å²) in [5.41, 5.74) is 7.44. The summed E-state index contributed by atoms with van der Waals surface area (Å²) in [7, 11) is 0. The molecule has 0 saturated carbocycles. The first-order valence-electron chi connectivity index (χ1n) is 6.91. The van der Waals surface area contributed by atoms with Gasteiger partial charge >= 0.3 is 0 Å². The Bertz CT molecular complexity index is 635. The van der Waals surface area contributed by atoms with E-state index in [0.29, 0.717) is 11.4 Å². The fraction of sp³-hybridized carbons (Fsp3) is 0.375. The maximum absolute atomic E-state index is 12.3. The zero-order chi connectivity index (χ0) is 14.8. The number of carbonyl (C=O) groups is 1. The topological polar surface area (TPSA) is 68.0 Å². The van der Waals surface area contributed by atoms with Crippen LogP contribution in [0.25, 0.3) is 10.9 Å². The Morgan fingerprint density at radius 2 is 2.05 bits per heavy atom. The van der Waals surface area contributed by atoms with Gasteiger partial charge in [0.15, 0.2) is 0 Å². The van der Waals surface area contributed by atoms with Crippen LogP contribution in [0.4, 0.5) is 5.69 Å². The van der Waals surface area contributed by atoms with Crippen LogP contribution in [0.1, 0.15) is 44.1 Å². The van der Waals surface area contributed by atoms with Gasteiger partial charge in [-0.15, -0.1) is 0 Å². The Morgan fingerprint density at radius 1 is 1.35 bits per heavy atom. The minimum Gasteiger partial charge on any atom is -0.398 e. The van der Waals surface area contributed by atoms with E-state index >= 15 is 0 Å². The van der Waals surface area contributed by atoms with Gasteiger partial charge in [0.05, 0.1) is 5.52 Å². The molecule has 0 saturated heterocycles. The zero-order valence-electron chi connectivity index (χ0n) is 12.2. The van der Waals surface area contributed by atoms with Gasteiger partial charge in [-0.05, 0) is 32.4 Å². The number of fused-ring (bicyclic) bond motifs is 1. The van der Waals surface area contributed by atoms with Crippen LogP contribution in [0.15, 0.2) is 30.3 Å². The molecule has 0 aliphatic rings. The number of hydrogen-bond donors (Lipinski definition) is 2. The summed E-state index contributed by atoms with van der Waals surface area (Å²) in [6, 6.07) is 9.20. The SMILES string of the molecule is CCCC(C)(C)NC(=O)c1cc(N)c2ccccc2n1. The fourth-order valence-electron chi connectivity index (χ4n) is 2.38. The summed E-state index contributed by atoms with van der Waals surface area (Å²) in [5.74, 6) is -0.180. The van der Waals surface area contributed by atoms with Crippen LogP contribution in [-0.4, -0.2) is 16.4 Å². The number of carbonyl (C=O) groups excluding carboxylic acids is 1. The second kappa shape index (κ2) is 5.49. The third-order valence-corrected chi connectivity index (χ3v) is 3.31. The Balaban J connectivity index is 2.31. The smallest absolute Gasteiger partial charge is 0.270 e. The van der Waals surface area contributed by atoms with Gasteiger partial charge < -0.3 is 11.1 Å². The molecule has 1 aromatic heterocycles. The number of para-hydroxylation sites is 1. The van der Waals surface area contributed by atoms with Crippen molar-refractivity contribution in [1.29, 1.82) is 0 Å². The number of nitrogens with one attached hydrogen (secondary N) is 1. The lowest BCUT2D eigenvalue weighted by Crippen LogP contribution is -2.43.